The van der Waals surface area contributed by atoms with Gasteiger partial charge in [0.2, 0.25) is 0 Å². The molecule has 0 aromatic heterocycles. The Hall–Kier alpha value is -1.37. The molecule has 1 aromatic carbocycles. The van der Waals surface area contributed by atoms with Gasteiger partial charge in [0.15, 0.2) is 0 Å². The van der Waals surface area contributed by atoms with E-state index in [0.29, 0.717) is 23.1 Å². The van der Waals surface area contributed by atoms with Gasteiger partial charge in [-0.05, 0) is 19.2 Å². The SMILES string of the molecule is COc1cc(OCC2CN(C)CCO2)cc(C(N)=S)c1. The number of rotatable bonds is 5. The predicted molar refractivity (Wildman–Crippen MR) is 81.6 cm³/mol. The van der Waals surface area contributed by atoms with Crippen LogP contribution in [0.1, 0.15) is 5.56 Å². The van der Waals surface area contributed by atoms with E-state index in [1.807, 2.05) is 12.1 Å². The van der Waals surface area contributed by atoms with E-state index in [4.69, 9.17) is 32.2 Å². The average Bonchev–Trinajstić information content (AvgIpc) is 2.45. The minimum Gasteiger partial charge on any atom is -0.497 e. The van der Waals surface area contributed by atoms with Gasteiger partial charge in [0.1, 0.15) is 29.2 Å². The number of hydrogen-bond acceptors (Lipinski definition) is 5. The second kappa shape index (κ2) is 6.88. The summed E-state index contributed by atoms with van der Waals surface area (Å²) in [5.41, 5.74) is 6.38. The molecule has 5 nitrogen and oxygen atoms in total. The van der Waals surface area contributed by atoms with Gasteiger partial charge in [-0.25, -0.2) is 0 Å². The van der Waals surface area contributed by atoms with Gasteiger partial charge >= 0.3 is 0 Å². The summed E-state index contributed by atoms with van der Waals surface area (Å²) in [5.74, 6) is 1.36. The van der Waals surface area contributed by atoms with E-state index in [1.54, 1.807) is 13.2 Å². The largest absolute Gasteiger partial charge is 0.497 e. The van der Waals surface area contributed by atoms with Crippen molar-refractivity contribution in [1.82, 2.24) is 4.90 Å². The van der Waals surface area contributed by atoms with E-state index in [2.05, 4.69) is 11.9 Å². The number of likely N-dealkylation sites (N-methyl/N-ethyl adjacent to an activating group) is 1. The van der Waals surface area contributed by atoms with Crippen LogP contribution in [0.2, 0.25) is 0 Å². The molecule has 0 spiro atoms. The summed E-state index contributed by atoms with van der Waals surface area (Å²) in [6.45, 7) is 3.06. The molecule has 1 atom stereocenters. The zero-order valence-electron chi connectivity index (χ0n) is 11.8. The molecule has 20 heavy (non-hydrogen) atoms. The fourth-order valence-corrected chi connectivity index (χ4v) is 2.19. The highest BCUT2D eigenvalue weighted by atomic mass is 32.1. The molecule has 0 bridgehead atoms. The summed E-state index contributed by atoms with van der Waals surface area (Å²) >= 11 is 4.99. The zero-order valence-corrected chi connectivity index (χ0v) is 12.6. The number of benzene rings is 1. The Bertz CT molecular complexity index is 481. The number of methoxy groups -OCH3 is 1. The first-order chi connectivity index (χ1) is 9.58. The van der Waals surface area contributed by atoms with Crippen molar-refractivity contribution in [2.75, 3.05) is 40.5 Å². The van der Waals surface area contributed by atoms with Gasteiger partial charge in [0.05, 0.1) is 13.7 Å². The van der Waals surface area contributed by atoms with E-state index < -0.39 is 0 Å². The van der Waals surface area contributed by atoms with E-state index in [0.717, 1.165) is 25.3 Å². The van der Waals surface area contributed by atoms with Crippen molar-refractivity contribution < 1.29 is 14.2 Å². The first-order valence-electron chi connectivity index (χ1n) is 6.50. The maximum atomic E-state index is 5.78. The normalized spacial score (nSPS) is 19.6. The molecule has 6 heteroatoms. The molecule has 1 fully saturated rings. The van der Waals surface area contributed by atoms with E-state index in [1.165, 1.54) is 0 Å². The van der Waals surface area contributed by atoms with Crippen molar-refractivity contribution in [3.63, 3.8) is 0 Å². The lowest BCUT2D eigenvalue weighted by atomic mass is 10.2. The molecule has 2 N–H and O–H groups in total. The number of morpholine rings is 1. The molecule has 0 amide bonds. The number of nitrogens with zero attached hydrogens (tertiary/aromatic N) is 1. The molecule has 1 aromatic rings. The average molecular weight is 296 g/mol. The Kier molecular flexibility index (Phi) is 5.17. The number of nitrogens with two attached hydrogens (primary N) is 1. The molecule has 1 aliphatic heterocycles. The van der Waals surface area contributed by atoms with Gasteiger partial charge in [-0.1, -0.05) is 12.2 Å². The Balaban J connectivity index is 2.01. The van der Waals surface area contributed by atoms with Crippen molar-refractivity contribution in [2.45, 2.75) is 6.10 Å². The Labute approximate surface area is 124 Å². The fraction of sp³-hybridized carbons (Fsp3) is 0.500. The Morgan fingerprint density at radius 3 is 2.85 bits per heavy atom. The first kappa shape index (κ1) is 15.0. The summed E-state index contributed by atoms with van der Waals surface area (Å²) < 4.78 is 16.7. The van der Waals surface area contributed by atoms with Crippen LogP contribution in [0.15, 0.2) is 18.2 Å². The van der Waals surface area contributed by atoms with Crippen LogP contribution >= 0.6 is 12.2 Å². The third kappa shape index (κ3) is 4.06. The number of thiocarbonyl (C=S) groups is 1. The smallest absolute Gasteiger partial charge is 0.123 e. The lowest BCUT2D eigenvalue weighted by molar-refractivity contribution is -0.0403. The Morgan fingerprint density at radius 1 is 1.45 bits per heavy atom. The highest BCUT2D eigenvalue weighted by Gasteiger charge is 2.18. The van der Waals surface area contributed by atoms with Crippen molar-refractivity contribution in [3.8, 4) is 11.5 Å². The molecule has 0 radical (unpaired) electrons. The minimum absolute atomic E-state index is 0.0771. The molecule has 0 saturated carbocycles. The van der Waals surface area contributed by atoms with Crippen molar-refractivity contribution in [3.05, 3.63) is 23.8 Å². The van der Waals surface area contributed by atoms with Crippen molar-refractivity contribution in [1.29, 1.82) is 0 Å². The number of ether oxygens (including phenoxy) is 3. The van der Waals surface area contributed by atoms with Crippen LogP contribution in [-0.4, -0.2) is 56.5 Å². The van der Waals surface area contributed by atoms with Gasteiger partial charge < -0.3 is 24.8 Å². The highest BCUT2D eigenvalue weighted by molar-refractivity contribution is 7.80. The van der Waals surface area contributed by atoms with Crippen LogP contribution in [0, 0.1) is 0 Å². The molecule has 2 rings (SSSR count). The minimum atomic E-state index is 0.0771. The van der Waals surface area contributed by atoms with Crippen LogP contribution < -0.4 is 15.2 Å². The fourth-order valence-electron chi connectivity index (χ4n) is 2.07. The van der Waals surface area contributed by atoms with Crippen LogP contribution in [0.4, 0.5) is 0 Å². The zero-order chi connectivity index (χ0) is 14.5. The van der Waals surface area contributed by atoms with Crippen LogP contribution in [0.5, 0.6) is 11.5 Å². The standard InChI is InChI=1S/C14H20N2O3S/c1-16-3-4-18-13(8-16)9-19-12-6-10(14(15)20)5-11(7-12)17-2/h5-7,13H,3-4,8-9H2,1-2H3,(H2,15,20). The summed E-state index contributed by atoms with van der Waals surface area (Å²) in [6, 6.07) is 5.42. The van der Waals surface area contributed by atoms with E-state index >= 15 is 0 Å². The number of hydrogen-bond donors (Lipinski definition) is 1. The molecule has 1 aliphatic rings. The predicted octanol–water partition coefficient (Wildman–Crippen LogP) is 1.04. The molecule has 1 unspecified atom stereocenters. The second-order valence-electron chi connectivity index (χ2n) is 4.83. The molecule has 1 heterocycles. The maximum absolute atomic E-state index is 5.78. The third-order valence-corrected chi connectivity index (χ3v) is 3.41. The lowest BCUT2D eigenvalue weighted by Gasteiger charge is -2.29. The molecule has 110 valence electrons. The molecular formula is C14H20N2O3S. The summed E-state index contributed by atoms with van der Waals surface area (Å²) in [6.07, 6.45) is 0.0771. The second-order valence-corrected chi connectivity index (χ2v) is 5.27. The van der Waals surface area contributed by atoms with Crippen LogP contribution in [0.25, 0.3) is 0 Å². The molecule has 1 saturated heterocycles. The van der Waals surface area contributed by atoms with Gasteiger partial charge in [-0.2, -0.15) is 0 Å². The maximum Gasteiger partial charge on any atom is 0.123 e. The van der Waals surface area contributed by atoms with E-state index in [9.17, 15) is 0 Å². The monoisotopic (exact) mass is 296 g/mol. The van der Waals surface area contributed by atoms with Gasteiger partial charge in [0, 0.05) is 24.7 Å². The first-order valence-corrected chi connectivity index (χ1v) is 6.91. The van der Waals surface area contributed by atoms with Gasteiger partial charge in [0.25, 0.3) is 0 Å². The Morgan fingerprint density at radius 2 is 2.20 bits per heavy atom. The van der Waals surface area contributed by atoms with Crippen LogP contribution in [0.3, 0.4) is 0 Å². The molecular weight excluding hydrogens is 276 g/mol. The summed E-state index contributed by atoms with van der Waals surface area (Å²) in [4.78, 5) is 2.55. The summed E-state index contributed by atoms with van der Waals surface area (Å²) in [7, 11) is 3.67. The topological polar surface area (TPSA) is 57.0 Å². The highest BCUT2D eigenvalue weighted by Crippen LogP contribution is 2.23. The molecule has 0 aliphatic carbocycles. The lowest BCUT2D eigenvalue weighted by Crippen LogP contribution is -2.42. The van der Waals surface area contributed by atoms with Gasteiger partial charge in [-0.3, -0.25) is 0 Å². The van der Waals surface area contributed by atoms with Gasteiger partial charge in [-0.15, -0.1) is 0 Å². The van der Waals surface area contributed by atoms with E-state index in [-0.39, 0.29) is 6.10 Å². The van der Waals surface area contributed by atoms with Crippen molar-refractivity contribution >= 4 is 17.2 Å². The third-order valence-electron chi connectivity index (χ3n) is 3.18. The quantitative estimate of drug-likeness (QED) is 0.819. The van der Waals surface area contributed by atoms with Crippen molar-refractivity contribution in [2.24, 2.45) is 5.73 Å². The van der Waals surface area contributed by atoms with Crippen LogP contribution in [-0.2, 0) is 4.74 Å². The summed E-state index contributed by atoms with van der Waals surface area (Å²) in [5, 5.41) is 0.